The molecule has 0 fully saturated rings. The second-order valence-electron chi connectivity index (χ2n) is 3.94. The Morgan fingerprint density at radius 2 is 2.14 bits per heavy atom. The molecule has 0 aliphatic heterocycles. The Kier molecular flexibility index (Phi) is 3.34. The summed E-state index contributed by atoms with van der Waals surface area (Å²) in [7, 11) is 0. The molecule has 2 N–H and O–H groups in total. The molecule has 0 radical (unpaired) electrons. The second kappa shape index (κ2) is 4.32. The third-order valence-electron chi connectivity index (χ3n) is 2.72. The van der Waals surface area contributed by atoms with Gasteiger partial charge >= 0.3 is 0 Å². The first kappa shape index (κ1) is 10.8. The van der Waals surface area contributed by atoms with Crippen LogP contribution < -0.4 is 5.73 Å². The maximum absolute atomic E-state index is 5.87. The zero-order chi connectivity index (χ0) is 10.7. The van der Waals surface area contributed by atoms with Crippen molar-refractivity contribution in [2.24, 2.45) is 0 Å². The molecule has 0 heterocycles. The number of hydrogen-bond donors (Lipinski definition) is 1. The number of nitrogen functional groups attached to an aromatic ring is 1. The summed E-state index contributed by atoms with van der Waals surface area (Å²) in [5.41, 5.74) is 10.2. The number of hydrogen-bond acceptors (Lipinski definition) is 1. The molecular weight excluding hydrogens is 170 g/mol. The molecule has 76 valence electrons. The van der Waals surface area contributed by atoms with Gasteiger partial charge in [0.1, 0.15) is 0 Å². The summed E-state index contributed by atoms with van der Waals surface area (Å²) in [5, 5.41) is 0. The van der Waals surface area contributed by atoms with Crippen molar-refractivity contribution in [3.8, 4) is 0 Å². The average Bonchev–Trinajstić information content (AvgIpc) is 2.17. The highest BCUT2D eigenvalue weighted by molar-refractivity contribution is 5.73. The number of allylic oxidation sites excluding steroid dienone is 1. The molecule has 0 unspecified atom stereocenters. The molecule has 1 rings (SSSR count). The Bertz CT molecular complexity index is 339. The molecule has 1 aromatic carbocycles. The summed E-state index contributed by atoms with van der Waals surface area (Å²) in [6.07, 6.45) is 1.15. The molecule has 0 aliphatic carbocycles. The van der Waals surface area contributed by atoms with Gasteiger partial charge in [-0.25, -0.2) is 0 Å². The highest BCUT2D eigenvalue weighted by atomic mass is 14.6. The van der Waals surface area contributed by atoms with E-state index in [2.05, 4.69) is 32.6 Å². The zero-order valence-electron chi connectivity index (χ0n) is 9.30. The summed E-state index contributed by atoms with van der Waals surface area (Å²) >= 11 is 0. The summed E-state index contributed by atoms with van der Waals surface area (Å²) < 4.78 is 0. The van der Waals surface area contributed by atoms with E-state index < -0.39 is 0 Å². The van der Waals surface area contributed by atoms with E-state index in [-0.39, 0.29) is 0 Å². The molecule has 0 bridgehead atoms. The number of nitrogens with two attached hydrogens (primary N) is 1. The smallest absolute Gasteiger partial charge is 0.0390 e. The van der Waals surface area contributed by atoms with Crippen molar-refractivity contribution in [3.63, 3.8) is 0 Å². The highest BCUT2D eigenvalue weighted by Crippen LogP contribution is 2.26. The van der Waals surface area contributed by atoms with Crippen molar-refractivity contribution in [1.29, 1.82) is 0 Å². The molecule has 0 amide bonds. The van der Waals surface area contributed by atoms with E-state index in [0.717, 1.165) is 23.2 Å². The minimum absolute atomic E-state index is 0.591. The van der Waals surface area contributed by atoms with Gasteiger partial charge in [0, 0.05) is 5.69 Å². The Balaban J connectivity index is 3.12. The molecule has 0 saturated heterocycles. The Morgan fingerprint density at radius 1 is 1.50 bits per heavy atom. The van der Waals surface area contributed by atoms with Gasteiger partial charge in [-0.05, 0) is 48.1 Å². The molecule has 1 atom stereocenters. The van der Waals surface area contributed by atoms with Gasteiger partial charge in [-0.2, -0.15) is 0 Å². The maximum Gasteiger partial charge on any atom is 0.0390 e. The third kappa shape index (κ3) is 2.16. The van der Waals surface area contributed by atoms with Crippen LogP contribution in [0.3, 0.4) is 0 Å². The predicted octanol–water partition coefficient (Wildman–Crippen LogP) is 3.82. The average molecular weight is 189 g/mol. The maximum atomic E-state index is 5.87. The lowest BCUT2D eigenvalue weighted by atomic mass is 9.94. The third-order valence-corrected chi connectivity index (χ3v) is 2.72. The van der Waals surface area contributed by atoms with Crippen molar-refractivity contribution in [3.05, 3.63) is 35.9 Å². The van der Waals surface area contributed by atoms with E-state index in [9.17, 15) is 0 Å². The summed E-state index contributed by atoms with van der Waals surface area (Å²) in [6.45, 7) is 10.4. The summed E-state index contributed by atoms with van der Waals surface area (Å²) in [5.74, 6) is 0.591. The van der Waals surface area contributed by atoms with Gasteiger partial charge in [0.05, 0.1) is 0 Å². The van der Waals surface area contributed by atoms with Crippen LogP contribution in [0.25, 0.3) is 5.57 Å². The van der Waals surface area contributed by atoms with Crippen molar-refractivity contribution < 1.29 is 0 Å². The number of anilines is 1. The summed E-state index contributed by atoms with van der Waals surface area (Å²) in [4.78, 5) is 0. The van der Waals surface area contributed by atoms with Gasteiger partial charge in [0.2, 0.25) is 0 Å². The van der Waals surface area contributed by atoms with Crippen LogP contribution in [0.1, 0.15) is 44.2 Å². The Labute approximate surface area is 86.6 Å². The van der Waals surface area contributed by atoms with Gasteiger partial charge in [-0.3, -0.25) is 0 Å². The first-order valence-corrected chi connectivity index (χ1v) is 5.11. The fourth-order valence-electron chi connectivity index (χ4n) is 1.49. The van der Waals surface area contributed by atoms with Crippen molar-refractivity contribution in [1.82, 2.24) is 0 Å². The fraction of sp³-hybridized carbons (Fsp3) is 0.385. The van der Waals surface area contributed by atoms with Crippen LogP contribution in [0.2, 0.25) is 0 Å². The monoisotopic (exact) mass is 189 g/mol. The molecule has 0 spiro atoms. The van der Waals surface area contributed by atoms with Gasteiger partial charge in [0.15, 0.2) is 0 Å². The lowest BCUT2D eigenvalue weighted by Gasteiger charge is -2.12. The molecule has 1 nitrogen and oxygen atoms in total. The Hall–Kier alpha value is -1.24. The minimum atomic E-state index is 0.591. The lowest BCUT2D eigenvalue weighted by molar-refractivity contribution is 0.733. The zero-order valence-corrected chi connectivity index (χ0v) is 9.30. The van der Waals surface area contributed by atoms with E-state index in [4.69, 9.17) is 5.73 Å². The predicted molar refractivity (Wildman–Crippen MR) is 64.3 cm³/mol. The van der Waals surface area contributed by atoms with Crippen molar-refractivity contribution in [2.75, 3.05) is 5.73 Å². The molecular formula is C13H19N. The van der Waals surface area contributed by atoms with Crippen LogP contribution in [-0.4, -0.2) is 0 Å². The quantitative estimate of drug-likeness (QED) is 0.719. The van der Waals surface area contributed by atoms with Crippen LogP contribution in [0.15, 0.2) is 24.8 Å². The van der Waals surface area contributed by atoms with Gasteiger partial charge in [0.25, 0.3) is 0 Å². The largest absolute Gasteiger partial charge is 0.398 e. The first-order valence-electron chi connectivity index (χ1n) is 5.11. The van der Waals surface area contributed by atoms with Crippen LogP contribution in [0, 0.1) is 0 Å². The highest BCUT2D eigenvalue weighted by Gasteiger charge is 2.06. The molecule has 0 aromatic heterocycles. The van der Waals surface area contributed by atoms with Crippen LogP contribution >= 0.6 is 0 Å². The van der Waals surface area contributed by atoms with Crippen molar-refractivity contribution >= 4 is 11.3 Å². The second-order valence-corrected chi connectivity index (χ2v) is 3.94. The van der Waals surface area contributed by atoms with E-state index in [1.165, 1.54) is 5.56 Å². The van der Waals surface area contributed by atoms with Crippen LogP contribution in [0.4, 0.5) is 5.69 Å². The Morgan fingerprint density at radius 3 is 2.64 bits per heavy atom. The van der Waals surface area contributed by atoms with E-state index in [1.807, 2.05) is 13.0 Å². The molecule has 14 heavy (non-hydrogen) atoms. The summed E-state index contributed by atoms with van der Waals surface area (Å²) in [6, 6.07) is 6.24. The molecule has 0 aliphatic rings. The van der Waals surface area contributed by atoms with Gasteiger partial charge in [-0.1, -0.05) is 26.5 Å². The van der Waals surface area contributed by atoms with E-state index >= 15 is 0 Å². The van der Waals surface area contributed by atoms with Crippen LogP contribution in [-0.2, 0) is 0 Å². The van der Waals surface area contributed by atoms with Gasteiger partial charge in [-0.15, -0.1) is 0 Å². The SMILES string of the molecule is C=C(C)c1cc([C@H](C)CC)ccc1N. The van der Waals surface area contributed by atoms with E-state index in [0.29, 0.717) is 5.92 Å². The minimum Gasteiger partial charge on any atom is -0.398 e. The molecule has 1 heteroatoms. The molecule has 1 aromatic rings. The standard InChI is InChI=1S/C13H19N/c1-5-10(4)11-6-7-13(14)12(8-11)9(2)3/h6-8,10H,2,5,14H2,1,3-4H3/t10-/m1/s1. The number of rotatable bonds is 3. The normalized spacial score (nSPS) is 12.5. The molecule has 0 saturated carbocycles. The van der Waals surface area contributed by atoms with Crippen LogP contribution in [0.5, 0.6) is 0 Å². The topological polar surface area (TPSA) is 26.0 Å². The first-order chi connectivity index (χ1) is 6.56. The van der Waals surface area contributed by atoms with Gasteiger partial charge < -0.3 is 5.73 Å². The number of benzene rings is 1. The lowest BCUT2D eigenvalue weighted by Crippen LogP contribution is -1.96. The van der Waals surface area contributed by atoms with Crippen molar-refractivity contribution in [2.45, 2.75) is 33.1 Å². The van der Waals surface area contributed by atoms with E-state index in [1.54, 1.807) is 0 Å². The fourth-order valence-corrected chi connectivity index (χ4v) is 1.49.